The second-order valence-corrected chi connectivity index (χ2v) is 7.94. The highest BCUT2D eigenvalue weighted by atomic mass is 19.1. The van der Waals surface area contributed by atoms with Gasteiger partial charge in [-0.15, -0.1) is 0 Å². The fourth-order valence-electron chi connectivity index (χ4n) is 3.33. The van der Waals surface area contributed by atoms with Crippen molar-refractivity contribution in [2.24, 2.45) is 0 Å². The molecule has 0 saturated carbocycles. The van der Waals surface area contributed by atoms with Crippen LogP contribution in [-0.2, 0) is 11.2 Å². The Morgan fingerprint density at radius 2 is 1.79 bits per heavy atom. The number of carbonyl (C=O) groups is 2. The minimum absolute atomic E-state index is 0.00612. The Kier molecular flexibility index (Phi) is 7.52. The number of nitrogen functional groups attached to an aromatic ring is 1. The number of halogens is 2. The molecule has 2 aromatic carbocycles. The number of aliphatic hydroxyl groups is 1. The quantitative estimate of drug-likeness (QED) is 0.420. The van der Waals surface area contributed by atoms with Crippen molar-refractivity contribution in [3.05, 3.63) is 71.1 Å². The molecule has 1 aromatic heterocycles. The molecule has 8 nitrogen and oxygen atoms in total. The van der Waals surface area contributed by atoms with Crippen molar-refractivity contribution in [2.45, 2.75) is 39.3 Å². The Morgan fingerprint density at radius 3 is 2.41 bits per heavy atom. The standard InChI is InChI=1S/C24H25F2N5O3/c1-4-13-9-17(30-24(34)21(32)14-7-15(25)10-16(26)8-14)5-6-18(13)19-11-28-22(27)20(31-19)23(33)29-12(2)3/h5-12,21,32H,4H2,1-3H3,(H2,27,28)(H,29,33)(H,30,34). The molecule has 0 saturated heterocycles. The highest BCUT2D eigenvalue weighted by Crippen LogP contribution is 2.27. The van der Waals surface area contributed by atoms with E-state index in [9.17, 15) is 23.5 Å². The maximum atomic E-state index is 13.4. The highest BCUT2D eigenvalue weighted by molar-refractivity contribution is 5.97. The summed E-state index contributed by atoms with van der Waals surface area (Å²) in [4.78, 5) is 33.3. The number of nitrogens with two attached hydrogens (primary N) is 1. The van der Waals surface area contributed by atoms with Crippen LogP contribution in [-0.4, -0.2) is 32.9 Å². The second-order valence-electron chi connectivity index (χ2n) is 7.94. The molecular formula is C24H25F2N5O3. The van der Waals surface area contributed by atoms with Gasteiger partial charge in [-0.3, -0.25) is 9.59 Å². The Balaban J connectivity index is 1.86. The first kappa shape index (κ1) is 24.7. The molecule has 5 N–H and O–H groups in total. The number of nitrogens with zero attached hydrogens (tertiary/aromatic N) is 2. The van der Waals surface area contributed by atoms with Gasteiger partial charge in [0.2, 0.25) is 0 Å². The lowest BCUT2D eigenvalue weighted by Crippen LogP contribution is -2.31. The first-order valence-electron chi connectivity index (χ1n) is 10.6. The molecule has 34 heavy (non-hydrogen) atoms. The van der Waals surface area contributed by atoms with Gasteiger partial charge in [-0.1, -0.05) is 13.0 Å². The van der Waals surface area contributed by atoms with Gasteiger partial charge in [0.1, 0.15) is 11.6 Å². The minimum atomic E-state index is -1.76. The summed E-state index contributed by atoms with van der Waals surface area (Å²) in [6, 6.07) is 7.27. The monoisotopic (exact) mass is 469 g/mol. The van der Waals surface area contributed by atoms with Gasteiger partial charge in [0.05, 0.1) is 11.9 Å². The van der Waals surface area contributed by atoms with E-state index >= 15 is 0 Å². The Morgan fingerprint density at radius 1 is 1.12 bits per heavy atom. The van der Waals surface area contributed by atoms with Crippen molar-refractivity contribution < 1.29 is 23.5 Å². The van der Waals surface area contributed by atoms with Gasteiger partial charge in [-0.25, -0.2) is 18.7 Å². The van der Waals surface area contributed by atoms with Crippen LogP contribution in [0.4, 0.5) is 20.3 Å². The maximum absolute atomic E-state index is 13.4. The summed E-state index contributed by atoms with van der Waals surface area (Å²) >= 11 is 0. The van der Waals surface area contributed by atoms with Gasteiger partial charge < -0.3 is 21.5 Å². The molecule has 3 aromatic rings. The first-order chi connectivity index (χ1) is 16.1. The van der Waals surface area contributed by atoms with Gasteiger partial charge in [0.25, 0.3) is 11.8 Å². The van der Waals surface area contributed by atoms with E-state index in [-0.39, 0.29) is 23.1 Å². The van der Waals surface area contributed by atoms with Crippen molar-refractivity contribution in [2.75, 3.05) is 11.1 Å². The number of hydrogen-bond acceptors (Lipinski definition) is 6. The van der Waals surface area contributed by atoms with E-state index in [0.717, 1.165) is 17.7 Å². The predicted octanol–water partition coefficient (Wildman–Crippen LogP) is 3.38. The molecule has 0 aliphatic rings. The zero-order chi connectivity index (χ0) is 25.0. The summed E-state index contributed by atoms with van der Waals surface area (Å²) in [7, 11) is 0. The van der Waals surface area contributed by atoms with E-state index in [2.05, 4.69) is 20.6 Å². The first-order valence-corrected chi connectivity index (χ1v) is 10.6. The number of aromatic nitrogens is 2. The number of amides is 2. The highest BCUT2D eigenvalue weighted by Gasteiger charge is 2.20. The van der Waals surface area contributed by atoms with Crippen LogP contribution in [0.1, 0.15) is 48.5 Å². The van der Waals surface area contributed by atoms with Crippen LogP contribution < -0.4 is 16.4 Å². The smallest absolute Gasteiger partial charge is 0.273 e. The third-order valence-corrected chi connectivity index (χ3v) is 4.91. The molecule has 0 spiro atoms. The topological polar surface area (TPSA) is 130 Å². The lowest BCUT2D eigenvalue weighted by atomic mass is 10.0. The zero-order valence-corrected chi connectivity index (χ0v) is 18.9. The van der Waals surface area contributed by atoms with Crippen LogP contribution in [0.2, 0.25) is 0 Å². The van der Waals surface area contributed by atoms with E-state index in [1.54, 1.807) is 18.2 Å². The molecule has 1 heterocycles. The maximum Gasteiger partial charge on any atom is 0.273 e. The predicted molar refractivity (Wildman–Crippen MR) is 124 cm³/mol. The third-order valence-electron chi connectivity index (χ3n) is 4.91. The molecule has 10 heteroatoms. The summed E-state index contributed by atoms with van der Waals surface area (Å²) < 4.78 is 26.8. The van der Waals surface area contributed by atoms with E-state index in [1.807, 2.05) is 20.8 Å². The SMILES string of the molecule is CCc1cc(NC(=O)C(O)c2cc(F)cc(F)c2)ccc1-c1cnc(N)c(C(=O)NC(C)C)n1. The van der Waals surface area contributed by atoms with Crippen LogP contribution in [0, 0.1) is 11.6 Å². The molecule has 0 aliphatic heterocycles. The molecule has 178 valence electrons. The van der Waals surface area contributed by atoms with Crippen molar-refractivity contribution in [3.63, 3.8) is 0 Å². The Labute approximate surface area is 195 Å². The van der Waals surface area contributed by atoms with Crippen LogP contribution in [0.5, 0.6) is 0 Å². The lowest BCUT2D eigenvalue weighted by molar-refractivity contribution is -0.124. The van der Waals surface area contributed by atoms with Crippen LogP contribution in [0.15, 0.2) is 42.6 Å². The average molecular weight is 469 g/mol. The van der Waals surface area contributed by atoms with Crippen molar-refractivity contribution >= 4 is 23.3 Å². The normalized spacial score (nSPS) is 11.9. The number of carbonyl (C=O) groups excluding carboxylic acids is 2. The number of aliphatic hydroxyl groups excluding tert-OH is 1. The second kappa shape index (κ2) is 10.3. The fourth-order valence-corrected chi connectivity index (χ4v) is 3.33. The van der Waals surface area contributed by atoms with E-state index in [4.69, 9.17) is 5.73 Å². The van der Waals surface area contributed by atoms with E-state index < -0.39 is 29.6 Å². The van der Waals surface area contributed by atoms with E-state index in [1.165, 1.54) is 6.20 Å². The number of nitrogens with one attached hydrogen (secondary N) is 2. The van der Waals surface area contributed by atoms with Crippen LogP contribution in [0.25, 0.3) is 11.3 Å². The summed E-state index contributed by atoms with van der Waals surface area (Å²) in [5, 5.41) is 15.5. The summed E-state index contributed by atoms with van der Waals surface area (Å²) in [5.41, 5.74) is 7.89. The van der Waals surface area contributed by atoms with Crippen LogP contribution >= 0.6 is 0 Å². The largest absolute Gasteiger partial charge is 0.382 e. The third kappa shape index (κ3) is 5.70. The molecule has 0 aliphatic carbocycles. The Hall–Kier alpha value is -3.92. The van der Waals surface area contributed by atoms with Gasteiger partial charge in [-0.2, -0.15) is 0 Å². The molecule has 2 amide bonds. The summed E-state index contributed by atoms with van der Waals surface area (Å²) in [6.45, 7) is 5.52. The fraction of sp³-hybridized carbons (Fsp3) is 0.250. The van der Waals surface area contributed by atoms with Gasteiger partial charge in [0.15, 0.2) is 17.6 Å². The number of benzene rings is 2. The molecule has 3 rings (SSSR count). The number of aryl methyl sites for hydroxylation is 1. The van der Waals surface area contributed by atoms with Crippen molar-refractivity contribution in [3.8, 4) is 11.3 Å². The van der Waals surface area contributed by atoms with Gasteiger partial charge >= 0.3 is 0 Å². The minimum Gasteiger partial charge on any atom is -0.382 e. The summed E-state index contributed by atoms with van der Waals surface area (Å²) in [6.07, 6.45) is 0.243. The van der Waals surface area contributed by atoms with Crippen molar-refractivity contribution in [1.82, 2.24) is 15.3 Å². The Bertz CT molecular complexity index is 1210. The molecule has 0 fully saturated rings. The van der Waals surface area contributed by atoms with E-state index in [0.29, 0.717) is 29.4 Å². The molecule has 0 bridgehead atoms. The number of anilines is 2. The molecule has 1 unspecified atom stereocenters. The zero-order valence-electron chi connectivity index (χ0n) is 18.9. The average Bonchev–Trinajstić information content (AvgIpc) is 2.77. The molecule has 1 atom stereocenters. The molecular weight excluding hydrogens is 444 g/mol. The number of hydrogen-bond donors (Lipinski definition) is 4. The molecule has 0 radical (unpaired) electrons. The lowest BCUT2D eigenvalue weighted by Gasteiger charge is -2.15. The van der Waals surface area contributed by atoms with Gasteiger partial charge in [-0.05, 0) is 55.7 Å². The summed E-state index contributed by atoms with van der Waals surface area (Å²) in [5.74, 6) is -3.08. The van der Waals surface area contributed by atoms with Crippen molar-refractivity contribution in [1.29, 1.82) is 0 Å². The van der Waals surface area contributed by atoms with Gasteiger partial charge in [0, 0.05) is 23.4 Å². The van der Waals surface area contributed by atoms with Crippen LogP contribution in [0.3, 0.4) is 0 Å². The number of rotatable bonds is 7.